The van der Waals surface area contributed by atoms with Gasteiger partial charge in [-0.25, -0.2) is 4.98 Å². The van der Waals surface area contributed by atoms with Crippen molar-refractivity contribution in [1.82, 2.24) is 24.8 Å². The summed E-state index contributed by atoms with van der Waals surface area (Å²) in [7, 11) is 0. The molecule has 0 radical (unpaired) electrons. The molecule has 3 rings (SSSR count). The summed E-state index contributed by atoms with van der Waals surface area (Å²) in [6.07, 6.45) is 2.37. The Morgan fingerprint density at radius 2 is 2.44 bits per heavy atom. The van der Waals surface area contributed by atoms with E-state index in [4.69, 9.17) is 10.8 Å². The first-order valence-electron chi connectivity index (χ1n) is 5.75. The Kier molecular flexibility index (Phi) is 2.53. The maximum atomic E-state index is 11.6. The second-order valence-corrected chi connectivity index (χ2v) is 4.45. The van der Waals surface area contributed by atoms with E-state index in [2.05, 4.69) is 20.3 Å². The highest BCUT2D eigenvalue weighted by Crippen LogP contribution is 2.22. The summed E-state index contributed by atoms with van der Waals surface area (Å²) in [4.78, 5) is 22.2. The third-order valence-corrected chi connectivity index (χ3v) is 3.26. The Morgan fingerprint density at radius 1 is 1.61 bits per heavy atom. The molecule has 0 aliphatic carbocycles. The number of nitrogens with one attached hydrogen (secondary N) is 2. The average molecular weight is 250 g/mol. The molecule has 3 heterocycles. The van der Waals surface area contributed by atoms with E-state index < -0.39 is 0 Å². The van der Waals surface area contributed by atoms with Gasteiger partial charge in [0, 0.05) is 12.6 Å². The second kappa shape index (κ2) is 4.07. The zero-order valence-electron chi connectivity index (χ0n) is 9.63. The molecule has 1 aliphatic rings. The smallest absolute Gasteiger partial charge is 0.280 e. The summed E-state index contributed by atoms with van der Waals surface area (Å²) in [5.74, 6) is 0.0823. The fraction of sp³-hybridized carbons (Fsp3) is 0.500. The number of aliphatic hydroxyl groups excluding tert-OH is 1. The van der Waals surface area contributed by atoms with Gasteiger partial charge in [0.25, 0.3) is 5.56 Å². The highest BCUT2D eigenvalue weighted by atomic mass is 16.3. The number of rotatable bonds is 2. The zero-order chi connectivity index (χ0) is 12.7. The molecule has 0 spiro atoms. The van der Waals surface area contributed by atoms with Crippen molar-refractivity contribution in [2.75, 3.05) is 18.9 Å². The van der Waals surface area contributed by atoms with Gasteiger partial charge in [0.2, 0.25) is 5.95 Å². The van der Waals surface area contributed by atoms with E-state index in [1.807, 2.05) is 4.57 Å². The number of aliphatic hydroxyl groups is 1. The van der Waals surface area contributed by atoms with Crippen LogP contribution in [-0.2, 0) is 0 Å². The summed E-state index contributed by atoms with van der Waals surface area (Å²) in [6.45, 7) is 0.810. The lowest BCUT2D eigenvalue weighted by Gasteiger charge is -2.11. The Hall–Kier alpha value is -1.93. The van der Waals surface area contributed by atoms with Crippen molar-refractivity contribution in [1.29, 1.82) is 0 Å². The van der Waals surface area contributed by atoms with Crippen LogP contribution in [0.5, 0.6) is 0 Å². The lowest BCUT2D eigenvalue weighted by atomic mass is 10.2. The molecule has 0 aromatic carbocycles. The minimum Gasteiger partial charge on any atom is -0.395 e. The van der Waals surface area contributed by atoms with Crippen LogP contribution in [0.1, 0.15) is 12.5 Å². The van der Waals surface area contributed by atoms with Gasteiger partial charge in [-0.05, 0) is 6.42 Å². The molecular weight excluding hydrogens is 236 g/mol. The van der Waals surface area contributed by atoms with Gasteiger partial charge in [0.1, 0.15) is 0 Å². The van der Waals surface area contributed by atoms with E-state index in [1.165, 1.54) is 0 Å². The molecule has 1 fully saturated rings. The summed E-state index contributed by atoms with van der Waals surface area (Å²) in [6, 6.07) is 0.202. The number of nitrogen functional groups attached to an aromatic ring is 1. The molecule has 2 atom stereocenters. The summed E-state index contributed by atoms with van der Waals surface area (Å²) >= 11 is 0. The van der Waals surface area contributed by atoms with Crippen LogP contribution >= 0.6 is 0 Å². The van der Waals surface area contributed by atoms with Crippen molar-refractivity contribution in [2.45, 2.75) is 18.5 Å². The third kappa shape index (κ3) is 1.66. The molecule has 0 bridgehead atoms. The van der Waals surface area contributed by atoms with Crippen molar-refractivity contribution in [2.24, 2.45) is 0 Å². The van der Waals surface area contributed by atoms with Crippen molar-refractivity contribution >= 4 is 17.1 Å². The van der Waals surface area contributed by atoms with Crippen LogP contribution in [0, 0.1) is 0 Å². The summed E-state index contributed by atoms with van der Waals surface area (Å²) < 4.78 is 1.84. The van der Waals surface area contributed by atoms with Crippen molar-refractivity contribution in [3.8, 4) is 0 Å². The van der Waals surface area contributed by atoms with E-state index >= 15 is 0 Å². The van der Waals surface area contributed by atoms with E-state index in [1.54, 1.807) is 6.33 Å². The first-order valence-corrected chi connectivity index (χ1v) is 5.75. The Morgan fingerprint density at radius 3 is 3.17 bits per heavy atom. The number of H-pyrrole nitrogens is 1. The lowest BCUT2D eigenvalue weighted by molar-refractivity contribution is 0.253. The first-order chi connectivity index (χ1) is 8.69. The fourth-order valence-corrected chi connectivity index (χ4v) is 2.36. The average Bonchev–Trinajstić information content (AvgIpc) is 2.93. The molecular formula is C10H14N6O2. The fourth-order valence-electron chi connectivity index (χ4n) is 2.36. The molecule has 96 valence electrons. The van der Waals surface area contributed by atoms with Gasteiger partial charge in [-0.15, -0.1) is 0 Å². The van der Waals surface area contributed by atoms with Crippen LogP contribution in [0.3, 0.4) is 0 Å². The Labute approximate surface area is 102 Å². The highest BCUT2D eigenvalue weighted by molar-refractivity contribution is 5.70. The molecule has 2 aromatic heterocycles. The van der Waals surface area contributed by atoms with Crippen molar-refractivity contribution in [3.63, 3.8) is 0 Å². The van der Waals surface area contributed by atoms with Gasteiger partial charge in [-0.2, -0.15) is 4.98 Å². The van der Waals surface area contributed by atoms with E-state index in [9.17, 15) is 4.79 Å². The van der Waals surface area contributed by atoms with Crippen molar-refractivity contribution < 1.29 is 5.11 Å². The van der Waals surface area contributed by atoms with Crippen LogP contribution in [0.4, 0.5) is 5.95 Å². The number of nitrogens with two attached hydrogens (primary N) is 1. The SMILES string of the molecule is Nc1nc2c(ncn2C2CNC(CO)C2)c(=O)[nH]1. The largest absolute Gasteiger partial charge is 0.395 e. The molecule has 1 saturated heterocycles. The van der Waals surface area contributed by atoms with Gasteiger partial charge in [0.15, 0.2) is 11.2 Å². The molecule has 5 N–H and O–H groups in total. The monoisotopic (exact) mass is 250 g/mol. The van der Waals surface area contributed by atoms with Crippen LogP contribution < -0.4 is 16.6 Å². The van der Waals surface area contributed by atoms with Crippen LogP contribution in [-0.4, -0.2) is 43.8 Å². The van der Waals surface area contributed by atoms with E-state index in [-0.39, 0.29) is 35.7 Å². The van der Waals surface area contributed by atoms with Gasteiger partial charge in [-0.3, -0.25) is 9.78 Å². The first kappa shape index (κ1) is 11.2. The minimum atomic E-state index is -0.332. The van der Waals surface area contributed by atoms with Gasteiger partial charge in [-0.1, -0.05) is 0 Å². The molecule has 0 amide bonds. The lowest BCUT2D eigenvalue weighted by Crippen LogP contribution is -2.24. The molecule has 1 aliphatic heterocycles. The number of aromatic nitrogens is 4. The quantitative estimate of drug-likeness (QED) is 0.520. The number of fused-ring (bicyclic) bond motifs is 1. The maximum Gasteiger partial charge on any atom is 0.280 e. The normalized spacial score (nSPS) is 23.8. The van der Waals surface area contributed by atoms with Crippen LogP contribution in [0.25, 0.3) is 11.2 Å². The van der Waals surface area contributed by atoms with Crippen LogP contribution in [0.2, 0.25) is 0 Å². The topological polar surface area (TPSA) is 122 Å². The van der Waals surface area contributed by atoms with E-state index in [0.29, 0.717) is 12.2 Å². The number of hydrogen-bond acceptors (Lipinski definition) is 6. The third-order valence-electron chi connectivity index (χ3n) is 3.26. The standard InChI is InChI=1S/C10H14N6O2/c11-10-14-8-7(9(18)15-10)13-4-16(8)6-1-5(3-17)12-2-6/h4-6,12,17H,1-3H2,(H3,11,14,15,18). The highest BCUT2D eigenvalue weighted by Gasteiger charge is 2.26. The molecule has 18 heavy (non-hydrogen) atoms. The predicted octanol–water partition coefficient (Wildman–Crippen LogP) is -1.40. The Balaban J connectivity index is 2.05. The Bertz CT molecular complexity index is 633. The van der Waals surface area contributed by atoms with Gasteiger partial charge >= 0.3 is 0 Å². The summed E-state index contributed by atoms with van der Waals surface area (Å²) in [5.41, 5.74) is 5.99. The number of anilines is 1. The van der Waals surface area contributed by atoms with Crippen molar-refractivity contribution in [3.05, 3.63) is 16.7 Å². The summed E-state index contributed by atoms with van der Waals surface area (Å²) in [5, 5.41) is 12.3. The van der Waals surface area contributed by atoms with E-state index in [0.717, 1.165) is 6.42 Å². The number of aromatic amines is 1. The zero-order valence-corrected chi connectivity index (χ0v) is 9.63. The maximum absolute atomic E-state index is 11.6. The number of nitrogens with zero attached hydrogens (tertiary/aromatic N) is 3. The molecule has 8 nitrogen and oxygen atoms in total. The second-order valence-electron chi connectivity index (χ2n) is 4.45. The molecule has 0 saturated carbocycles. The minimum absolute atomic E-state index is 0.0757. The van der Waals surface area contributed by atoms with Gasteiger partial charge < -0.3 is 20.7 Å². The van der Waals surface area contributed by atoms with Crippen LogP contribution in [0.15, 0.2) is 11.1 Å². The number of hydrogen-bond donors (Lipinski definition) is 4. The van der Waals surface area contributed by atoms with Gasteiger partial charge in [0.05, 0.1) is 19.0 Å². The molecule has 8 heteroatoms. The predicted molar refractivity (Wildman–Crippen MR) is 65.1 cm³/mol. The number of imidazole rings is 1. The molecule has 2 unspecified atom stereocenters. The molecule has 2 aromatic rings.